The predicted octanol–water partition coefficient (Wildman–Crippen LogP) is 3.00. The smallest absolute Gasteiger partial charge is 0.268 e. The molecule has 3 rings (SSSR count). The van der Waals surface area contributed by atoms with Gasteiger partial charge in [-0.1, -0.05) is 26.8 Å². The maximum Gasteiger partial charge on any atom is 0.268 e. The van der Waals surface area contributed by atoms with Crippen LogP contribution in [0.2, 0.25) is 0 Å². The summed E-state index contributed by atoms with van der Waals surface area (Å²) in [5, 5.41) is 0. The fourth-order valence-electron chi connectivity index (χ4n) is 3.96. The zero-order valence-corrected chi connectivity index (χ0v) is 15.6. The van der Waals surface area contributed by atoms with Gasteiger partial charge in [0.2, 0.25) is 5.91 Å². The third kappa shape index (κ3) is 3.65. The maximum absolute atomic E-state index is 12.9. The zero-order chi connectivity index (χ0) is 18.1. The maximum atomic E-state index is 12.9. The molecule has 136 valence electrons. The molecule has 1 fully saturated rings. The Balaban J connectivity index is 1.83. The third-order valence-corrected chi connectivity index (χ3v) is 5.10. The second-order valence-corrected chi connectivity index (χ2v) is 7.66. The van der Waals surface area contributed by atoms with Gasteiger partial charge in [-0.2, -0.15) is 0 Å². The Morgan fingerprint density at radius 1 is 1.24 bits per heavy atom. The SMILES string of the molecule is CC[C@H]1Oc2ccc(C)cc2N(CC(=O)N2C[C@H](C)C[C@H](C)C2)C1=O. The average Bonchev–Trinajstić information content (AvgIpc) is 2.56. The topological polar surface area (TPSA) is 49.9 Å². The highest BCUT2D eigenvalue weighted by atomic mass is 16.5. The Morgan fingerprint density at radius 2 is 1.92 bits per heavy atom. The number of piperidine rings is 1. The quantitative estimate of drug-likeness (QED) is 0.847. The third-order valence-electron chi connectivity index (χ3n) is 5.10. The van der Waals surface area contributed by atoms with Crippen LogP contribution in [-0.2, 0) is 9.59 Å². The number of hydrogen-bond acceptors (Lipinski definition) is 3. The largest absolute Gasteiger partial charge is 0.478 e. The zero-order valence-electron chi connectivity index (χ0n) is 15.6. The van der Waals surface area contributed by atoms with E-state index in [2.05, 4.69) is 13.8 Å². The molecule has 5 heteroatoms. The van der Waals surface area contributed by atoms with E-state index in [1.807, 2.05) is 36.9 Å². The van der Waals surface area contributed by atoms with E-state index in [4.69, 9.17) is 4.74 Å². The van der Waals surface area contributed by atoms with Crippen molar-refractivity contribution in [2.45, 2.75) is 46.6 Å². The van der Waals surface area contributed by atoms with Crippen LogP contribution in [0.25, 0.3) is 0 Å². The van der Waals surface area contributed by atoms with E-state index in [1.165, 1.54) is 0 Å². The monoisotopic (exact) mass is 344 g/mol. The van der Waals surface area contributed by atoms with Crippen LogP contribution in [0.15, 0.2) is 18.2 Å². The highest BCUT2D eigenvalue weighted by Gasteiger charge is 2.36. The van der Waals surface area contributed by atoms with Crippen molar-refractivity contribution in [1.82, 2.24) is 4.90 Å². The van der Waals surface area contributed by atoms with E-state index in [9.17, 15) is 9.59 Å². The minimum absolute atomic E-state index is 0.0240. The summed E-state index contributed by atoms with van der Waals surface area (Å²) in [4.78, 5) is 29.2. The Hall–Kier alpha value is -2.04. The van der Waals surface area contributed by atoms with Crippen molar-refractivity contribution in [3.63, 3.8) is 0 Å². The minimum Gasteiger partial charge on any atom is -0.478 e. The summed E-state index contributed by atoms with van der Waals surface area (Å²) in [7, 11) is 0. The van der Waals surface area contributed by atoms with E-state index < -0.39 is 6.10 Å². The Bertz CT molecular complexity index is 663. The van der Waals surface area contributed by atoms with Crippen molar-refractivity contribution in [3.05, 3.63) is 23.8 Å². The van der Waals surface area contributed by atoms with Crippen molar-refractivity contribution in [1.29, 1.82) is 0 Å². The van der Waals surface area contributed by atoms with E-state index in [-0.39, 0.29) is 18.4 Å². The Labute approximate surface area is 149 Å². The number of carbonyl (C=O) groups is 2. The number of rotatable bonds is 3. The summed E-state index contributed by atoms with van der Waals surface area (Å²) < 4.78 is 5.82. The molecule has 1 saturated heterocycles. The van der Waals surface area contributed by atoms with Crippen molar-refractivity contribution in [2.75, 3.05) is 24.5 Å². The minimum atomic E-state index is -0.512. The summed E-state index contributed by atoms with van der Waals surface area (Å²) >= 11 is 0. The second kappa shape index (κ2) is 7.06. The van der Waals surface area contributed by atoms with Crippen LogP contribution in [0.3, 0.4) is 0 Å². The fraction of sp³-hybridized carbons (Fsp3) is 0.600. The normalized spacial score (nSPS) is 26.2. The number of amides is 2. The predicted molar refractivity (Wildman–Crippen MR) is 97.8 cm³/mol. The van der Waals surface area contributed by atoms with Gasteiger partial charge in [0.05, 0.1) is 5.69 Å². The number of likely N-dealkylation sites (tertiary alicyclic amines) is 1. The number of carbonyl (C=O) groups excluding carboxylic acids is 2. The van der Waals surface area contributed by atoms with Gasteiger partial charge in [0, 0.05) is 13.1 Å². The lowest BCUT2D eigenvalue weighted by atomic mass is 9.92. The molecule has 0 radical (unpaired) electrons. The Kier molecular flexibility index (Phi) is 5.02. The van der Waals surface area contributed by atoms with Gasteiger partial charge >= 0.3 is 0 Å². The van der Waals surface area contributed by atoms with Crippen LogP contribution in [-0.4, -0.2) is 42.5 Å². The van der Waals surface area contributed by atoms with Crippen molar-refractivity contribution < 1.29 is 14.3 Å². The molecule has 0 aliphatic carbocycles. The van der Waals surface area contributed by atoms with Crippen LogP contribution in [0.1, 0.15) is 39.2 Å². The summed E-state index contributed by atoms with van der Waals surface area (Å²) in [6.07, 6.45) is 1.23. The first-order valence-corrected chi connectivity index (χ1v) is 9.25. The molecule has 25 heavy (non-hydrogen) atoms. The van der Waals surface area contributed by atoms with Crippen LogP contribution in [0.4, 0.5) is 5.69 Å². The summed E-state index contributed by atoms with van der Waals surface area (Å²) in [5.74, 6) is 1.60. The molecule has 0 spiro atoms. The van der Waals surface area contributed by atoms with Crippen LogP contribution in [0, 0.1) is 18.8 Å². The standard InChI is InChI=1S/C20H28N2O3/c1-5-17-20(24)22(16-9-13(2)6-7-18(16)25-17)12-19(23)21-10-14(3)8-15(4)11-21/h6-7,9,14-15,17H,5,8,10-12H2,1-4H3/t14-,15+,17-/m1/s1. The van der Waals surface area contributed by atoms with Crippen molar-refractivity contribution in [3.8, 4) is 5.75 Å². The van der Waals surface area contributed by atoms with E-state index >= 15 is 0 Å². The van der Waals surface area contributed by atoms with E-state index in [0.29, 0.717) is 29.7 Å². The van der Waals surface area contributed by atoms with Gasteiger partial charge in [0.25, 0.3) is 5.91 Å². The van der Waals surface area contributed by atoms with Gasteiger partial charge < -0.3 is 9.64 Å². The van der Waals surface area contributed by atoms with Crippen LogP contribution < -0.4 is 9.64 Å². The molecular formula is C20H28N2O3. The summed E-state index contributed by atoms with van der Waals surface area (Å²) in [6.45, 7) is 9.91. The number of aryl methyl sites for hydroxylation is 1. The molecule has 5 nitrogen and oxygen atoms in total. The molecule has 0 N–H and O–H groups in total. The summed E-state index contributed by atoms with van der Waals surface area (Å²) in [6, 6.07) is 5.78. The summed E-state index contributed by atoms with van der Waals surface area (Å²) in [5.41, 5.74) is 1.75. The first-order valence-electron chi connectivity index (χ1n) is 9.25. The Morgan fingerprint density at radius 3 is 2.56 bits per heavy atom. The molecule has 0 unspecified atom stereocenters. The first kappa shape index (κ1) is 17.8. The lowest BCUT2D eigenvalue weighted by Crippen LogP contribution is -2.52. The first-order chi connectivity index (χ1) is 11.9. The van der Waals surface area contributed by atoms with Gasteiger partial charge in [-0.15, -0.1) is 0 Å². The number of nitrogens with zero attached hydrogens (tertiary/aromatic N) is 2. The van der Waals surface area contributed by atoms with Gasteiger partial charge in [-0.25, -0.2) is 0 Å². The second-order valence-electron chi connectivity index (χ2n) is 7.66. The molecule has 2 amide bonds. The molecular weight excluding hydrogens is 316 g/mol. The van der Waals surface area contributed by atoms with Crippen LogP contribution >= 0.6 is 0 Å². The number of fused-ring (bicyclic) bond motifs is 1. The number of hydrogen-bond donors (Lipinski definition) is 0. The van der Waals surface area contributed by atoms with Gasteiger partial charge in [0.15, 0.2) is 6.10 Å². The lowest BCUT2D eigenvalue weighted by molar-refractivity contribution is -0.135. The van der Waals surface area contributed by atoms with Crippen molar-refractivity contribution in [2.24, 2.45) is 11.8 Å². The van der Waals surface area contributed by atoms with Gasteiger partial charge in [0.1, 0.15) is 12.3 Å². The van der Waals surface area contributed by atoms with E-state index in [0.717, 1.165) is 25.1 Å². The molecule has 0 saturated carbocycles. The molecule has 0 bridgehead atoms. The van der Waals surface area contributed by atoms with E-state index in [1.54, 1.807) is 4.90 Å². The number of ether oxygens (including phenoxy) is 1. The fourth-order valence-corrected chi connectivity index (χ4v) is 3.96. The number of benzene rings is 1. The highest BCUT2D eigenvalue weighted by Crippen LogP contribution is 2.35. The van der Waals surface area contributed by atoms with Gasteiger partial charge in [-0.3, -0.25) is 14.5 Å². The average molecular weight is 344 g/mol. The van der Waals surface area contributed by atoms with Crippen LogP contribution in [0.5, 0.6) is 5.75 Å². The van der Waals surface area contributed by atoms with Crippen molar-refractivity contribution >= 4 is 17.5 Å². The highest BCUT2D eigenvalue weighted by molar-refractivity contribution is 6.03. The molecule has 2 heterocycles. The molecule has 2 aliphatic rings. The number of anilines is 1. The molecule has 1 aromatic rings. The lowest BCUT2D eigenvalue weighted by Gasteiger charge is -2.38. The molecule has 2 aliphatic heterocycles. The molecule has 3 atom stereocenters. The molecule has 0 aromatic heterocycles. The molecule has 1 aromatic carbocycles. The van der Waals surface area contributed by atoms with Gasteiger partial charge in [-0.05, 0) is 49.3 Å².